The average Bonchev–Trinajstić information content (AvgIpc) is 2.59. The maximum absolute atomic E-state index is 12.7. The largest absolute Gasteiger partial charge is 0.508 e. The molecule has 2 amide bonds. The van der Waals surface area contributed by atoms with Crippen molar-refractivity contribution < 1.29 is 14.7 Å². The van der Waals surface area contributed by atoms with Gasteiger partial charge in [0.25, 0.3) is 0 Å². The Morgan fingerprint density at radius 3 is 2.24 bits per heavy atom. The quantitative estimate of drug-likeness (QED) is 0.724. The van der Waals surface area contributed by atoms with E-state index in [0.29, 0.717) is 6.42 Å². The number of hydrogen-bond donors (Lipinski definition) is 3. The molecule has 2 rings (SSSR count). The van der Waals surface area contributed by atoms with Crippen molar-refractivity contribution in [1.82, 2.24) is 10.6 Å². The lowest BCUT2D eigenvalue weighted by Crippen LogP contribution is -2.41. The molecule has 2 aromatic carbocycles. The molecule has 0 aliphatic heterocycles. The van der Waals surface area contributed by atoms with Gasteiger partial charge >= 0.3 is 0 Å². The third kappa shape index (κ3) is 5.95. The zero-order valence-electron chi connectivity index (χ0n) is 14.5. The first-order valence-corrected chi connectivity index (χ1v) is 8.35. The second-order valence-electron chi connectivity index (χ2n) is 6.27. The van der Waals surface area contributed by atoms with Crippen molar-refractivity contribution in [3.63, 3.8) is 0 Å². The van der Waals surface area contributed by atoms with Gasteiger partial charge in [0.2, 0.25) is 11.8 Å². The monoisotopic (exact) mass is 340 g/mol. The van der Waals surface area contributed by atoms with Crippen LogP contribution in [0.4, 0.5) is 0 Å². The molecule has 0 saturated heterocycles. The third-order valence-electron chi connectivity index (χ3n) is 3.77. The molecule has 132 valence electrons. The average molecular weight is 340 g/mol. The van der Waals surface area contributed by atoms with Crippen LogP contribution in [-0.2, 0) is 16.0 Å². The fourth-order valence-electron chi connectivity index (χ4n) is 2.58. The van der Waals surface area contributed by atoms with Crippen molar-refractivity contribution >= 4 is 11.8 Å². The van der Waals surface area contributed by atoms with Gasteiger partial charge in [0.15, 0.2) is 0 Å². The number of phenols is 1. The first kappa shape index (κ1) is 18.5. The summed E-state index contributed by atoms with van der Waals surface area (Å²) in [5.41, 5.74) is 1.82. The van der Waals surface area contributed by atoms with Crippen LogP contribution in [0.15, 0.2) is 54.6 Å². The first-order valence-electron chi connectivity index (χ1n) is 8.35. The number of hydrogen-bond acceptors (Lipinski definition) is 3. The number of rotatable bonds is 7. The fourth-order valence-corrected chi connectivity index (χ4v) is 2.58. The SMILES string of the molecule is CC(C)NC(=O)CNC(=O)C(Cc1ccc(O)cc1)c1ccccc1. The van der Waals surface area contributed by atoms with Crippen LogP contribution < -0.4 is 10.6 Å². The summed E-state index contributed by atoms with van der Waals surface area (Å²) in [6.07, 6.45) is 0.488. The predicted octanol–water partition coefficient (Wildman–Crippen LogP) is 2.36. The summed E-state index contributed by atoms with van der Waals surface area (Å²) < 4.78 is 0. The van der Waals surface area contributed by atoms with Gasteiger partial charge in [0, 0.05) is 6.04 Å². The Balaban J connectivity index is 2.10. The van der Waals surface area contributed by atoms with E-state index in [9.17, 15) is 14.7 Å². The Kier molecular flexibility index (Phi) is 6.57. The molecular weight excluding hydrogens is 316 g/mol. The number of aromatic hydroxyl groups is 1. The summed E-state index contributed by atoms with van der Waals surface area (Å²) in [4.78, 5) is 24.4. The van der Waals surface area contributed by atoms with E-state index in [1.54, 1.807) is 24.3 Å². The maximum atomic E-state index is 12.7. The van der Waals surface area contributed by atoms with Crippen molar-refractivity contribution in [1.29, 1.82) is 0 Å². The molecule has 0 bridgehead atoms. The Morgan fingerprint density at radius 2 is 1.64 bits per heavy atom. The van der Waals surface area contributed by atoms with Gasteiger partial charge in [-0.15, -0.1) is 0 Å². The highest BCUT2D eigenvalue weighted by molar-refractivity contribution is 5.88. The van der Waals surface area contributed by atoms with Crippen LogP contribution in [-0.4, -0.2) is 29.5 Å². The zero-order valence-corrected chi connectivity index (χ0v) is 14.5. The highest BCUT2D eigenvalue weighted by Gasteiger charge is 2.21. The Bertz CT molecular complexity index is 697. The third-order valence-corrected chi connectivity index (χ3v) is 3.77. The summed E-state index contributed by atoms with van der Waals surface area (Å²) in [6.45, 7) is 3.70. The lowest BCUT2D eigenvalue weighted by Gasteiger charge is -2.18. The van der Waals surface area contributed by atoms with Gasteiger partial charge in [-0.25, -0.2) is 0 Å². The molecule has 0 aromatic heterocycles. The Morgan fingerprint density at radius 1 is 1.00 bits per heavy atom. The molecule has 0 saturated carbocycles. The van der Waals surface area contributed by atoms with Gasteiger partial charge in [-0.1, -0.05) is 42.5 Å². The Hall–Kier alpha value is -2.82. The number of amides is 2. The molecule has 1 atom stereocenters. The van der Waals surface area contributed by atoms with E-state index in [0.717, 1.165) is 11.1 Å². The standard InChI is InChI=1S/C20H24N2O3/c1-14(2)22-19(24)13-21-20(25)18(16-6-4-3-5-7-16)12-15-8-10-17(23)11-9-15/h3-11,14,18,23H,12-13H2,1-2H3,(H,21,25)(H,22,24). The van der Waals surface area contributed by atoms with E-state index in [1.807, 2.05) is 44.2 Å². The molecule has 3 N–H and O–H groups in total. The van der Waals surface area contributed by atoms with E-state index in [4.69, 9.17) is 0 Å². The summed E-state index contributed by atoms with van der Waals surface area (Å²) in [7, 11) is 0. The van der Waals surface area contributed by atoms with Gasteiger partial charge in [0.1, 0.15) is 5.75 Å². The summed E-state index contributed by atoms with van der Waals surface area (Å²) in [5, 5.41) is 14.9. The minimum Gasteiger partial charge on any atom is -0.508 e. The zero-order chi connectivity index (χ0) is 18.2. The van der Waals surface area contributed by atoms with E-state index >= 15 is 0 Å². The smallest absolute Gasteiger partial charge is 0.239 e. The number of phenolic OH excluding ortho intramolecular Hbond substituents is 1. The molecule has 0 aliphatic carbocycles. The Labute approximate surface area is 148 Å². The molecule has 0 heterocycles. The summed E-state index contributed by atoms with van der Waals surface area (Å²) >= 11 is 0. The molecule has 1 unspecified atom stereocenters. The second kappa shape index (κ2) is 8.87. The van der Waals surface area contributed by atoms with Crippen molar-refractivity contribution in [3.8, 4) is 5.75 Å². The summed E-state index contributed by atoms with van der Waals surface area (Å²) in [6, 6.07) is 16.3. The lowest BCUT2D eigenvalue weighted by atomic mass is 9.91. The molecule has 0 radical (unpaired) electrons. The fraction of sp³-hybridized carbons (Fsp3) is 0.300. The van der Waals surface area contributed by atoms with Gasteiger partial charge < -0.3 is 15.7 Å². The van der Waals surface area contributed by atoms with E-state index < -0.39 is 5.92 Å². The van der Waals surface area contributed by atoms with Gasteiger partial charge in [0.05, 0.1) is 12.5 Å². The van der Waals surface area contributed by atoms with Crippen LogP contribution in [0, 0.1) is 0 Å². The summed E-state index contributed by atoms with van der Waals surface area (Å²) in [5.74, 6) is -0.620. The molecule has 0 fully saturated rings. The molecule has 2 aromatic rings. The number of benzene rings is 2. The van der Waals surface area contributed by atoms with Crippen LogP contribution in [0.25, 0.3) is 0 Å². The van der Waals surface area contributed by atoms with Crippen molar-refractivity contribution in [3.05, 3.63) is 65.7 Å². The normalized spacial score (nSPS) is 11.8. The van der Waals surface area contributed by atoms with Crippen LogP contribution in [0.5, 0.6) is 5.75 Å². The van der Waals surface area contributed by atoms with Crippen LogP contribution in [0.2, 0.25) is 0 Å². The minimum absolute atomic E-state index is 0.0336. The maximum Gasteiger partial charge on any atom is 0.239 e. The predicted molar refractivity (Wildman–Crippen MR) is 97.3 cm³/mol. The van der Waals surface area contributed by atoms with Gasteiger partial charge in [-0.3, -0.25) is 9.59 Å². The van der Waals surface area contributed by atoms with Crippen molar-refractivity contribution in [2.24, 2.45) is 0 Å². The second-order valence-corrected chi connectivity index (χ2v) is 6.27. The van der Waals surface area contributed by atoms with E-state index in [-0.39, 0.29) is 30.2 Å². The van der Waals surface area contributed by atoms with Crippen LogP contribution >= 0.6 is 0 Å². The molecule has 25 heavy (non-hydrogen) atoms. The highest BCUT2D eigenvalue weighted by Crippen LogP contribution is 2.22. The first-order chi connectivity index (χ1) is 12.0. The van der Waals surface area contributed by atoms with Crippen molar-refractivity contribution in [2.75, 3.05) is 6.54 Å². The molecular formula is C20H24N2O3. The van der Waals surface area contributed by atoms with Crippen molar-refractivity contribution in [2.45, 2.75) is 32.2 Å². The van der Waals surface area contributed by atoms with Gasteiger partial charge in [-0.2, -0.15) is 0 Å². The number of carbonyl (C=O) groups excluding carboxylic acids is 2. The molecule has 5 heteroatoms. The lowest BCUT2D eigenvalue weighted by molar-refractivity contribution is -0.127. The number of nitrogens with one attached hydrogen (secondary N) is 2. The van der Waals surface area contributed by atoms with E-state index in [2.05, 4.69) is 10.6 Å². The van der Waals surface area contributed by atoms with E-state index in [1.165, 1.54) is 0 Å². The highest BCUT2D eigenvalue weighted by atomic mass is 16.3. The molecule has 0 spiro atoms. The number of carbonyl (C=O) groups is 2. The minimum atomic E-state index is -0.405. The molecule has 5 nitrogen and oxygen atoms in total. The topological polar surface area (TPSA) is 78.4 Å². The van der Waals surface area contributed by atoms with Gasteiger partial charge in [-0.05, 0) is 43.5 Å². The molecule has 0 aliphatic rings. The van der Waals surface area contributed by atoms with Crippen LogP contribution in [0.1, 0.15) is 30.9 Å². The van der Waals surface area contributed by atoms with Crippen LogP contribution in [0.3, 0.4) is 0 Å².